The average molecular weight is 330 g/mol. The molecule has 0 heterocycles. The predicted molar refractivity (Wildman–Crippen MR) is 84.7 cm³/mol. The van der Waals surface area contributed by atoms with Gasteiger partial charge in [-0.15, -0.1) is 0 Å². The van der Waals surface area contributed by atoms with Crippen LogP contribution in [-0.2, 0) is 10.0 Å². The Labute approximate surface area is 131 Å². The van der Waals surface area contributed by atoms with Gasteiger partial charge in [-0.1, -0.05) is 37.3 Å². The van der Waals surface area contributed by atoms with Gasteiger partial charge in [0, 0.05) is 12.1 Å². The third-order valence-corrected chi connectivity index (χ3v) is 4.73. The molecule has 0 aliphatic rings. The minimum absolute atomic E-state index is 0.0447. The second kappa shape index (κ2) is 8.40. The van der Waals surface area contributed by atoms with E-state index in [1.807, 2.05) is 0 Å². The van der Waals surface area contributed by atoms with Gasteiger partial charge < -0.3 is 5.11 Å². The summed E-state index contributed by atoms with van der Waals surface area (Å²) in [6, 6.07) is 4.47. The maximum Gasteiger partial charge on any atom is 0.242 e. The van der Waals surface area contributed by atoms with E-state index in [9.17, 15) is 8.42 Å². The fourth-order valence-electron chi connectivity index (χ4n) is 1.73. The van der Waals surface area contributed by atoms with E-state index >= 15 is 0 Å². The average Bonchev–Trinajstić information content (AvgIpc) is 2.41. The van der Waals surface area contributed by atoms with Crippen molar-refractivity contribution in [3.63, 3.8) is 0 Å². The largest absolute Gasteiger partial charge is 0.384 e. The number of hydrogen-bond donors (Lipinski definition) is 2. The van der Waals surface area contributed by atoms with Gasteiger partial charge in [0.25, 0.3) is 0 Å². The molecule has 0 spiro atoms. The van der Waals surface area contributed by atoms with Crippen molar-refractivity contribution in [1.29, 1.82) is 0 Å². The van der Waals surface area contributed by atoms with E-state index < -0.39 is 10.0 Å². The summed E-state index contributed by atoms with van der Waals surface area (Å²) < 4.78 is 26.8. The highest BCUT2D eigenvalue weighted by Crippen LogP contribution is 2.22. The van der Waals surface area contributed by atoms with Crippen LogP contribution < -0.4 is 4.72 Å². The van der Waals surface area contributed by atoms with Crippen molar-refractivity contribution in [1.82, 2.24) is 4.72 Å². The summed E-state index contributed by atoms with van der Waals surface area (Å²) in [5.41, 5.74) is 0.563. The molecule has 0 fully saturated rings. The van der Waals surface area contributed by atoms with Gasteiger partial charge in [-0.2, -0.15) is 0 Å². The van der Waals surface area contributed by atoms with Crippen LogP contribution in [0.4, 0.5) is 0 Å². The molecule has 4 nitrogen and oxygen atoms in total. The molecule has 0 atom stereocenters. The van der Waals surface area contributed by atoms with E-state index in [-0.39, 0.29) is 16.5 Å². The van der Waals surface area contributed by atoms with Crippen molar-refractivity contribution >= 4 is 21.6 Å². The van der Waals surface area contributed by atoms with Crippen LogP contribution in [-0.4, -0.2) is 26.7 Å². The van der Waals surface area contributed by atoms with Crippen LogP contribution in [0.15, 0.2) is 23.1 Å². The van der Waals surface area contributed by atoms with Gasteiger partial charge in [0.05, 0.1) is 5.02 Å². The van der Waals surface area contributed by atoms with Crippen LogP contribution in [0.2, 0.25) is 5.02 Å². The zero-order valence-electron chi connectivity index (χ0n) is 12.2. The second-order valence-electron chi connectivity index (χ2n) is 5.04. The van der Waals surface area contributed by atoms with Gasteiger partial charge in [0.2, 0.25) is 10.0 Å². The molecule has 1 rings (SSSR count). The molecule has 1 aromatic rings. The van der Waals surface area contributed by atoms with Gasteiger partial charge in [-0.3, -0.25) is 0 Å². The Hall–Kier alpha value is -1.06. The Kier molecular flexibility index (Phi) is 7.20. The van der Waals surface area contributed by atoms with E-state index in [1.54, 1.807) is 6.07 Å². The summed E-state index contributed by atoms with van der Waals surface area (Å²) in [4.78, 5) is 0.0447. The Morgan fingerprint density at radius 2 is 2.10 bits per heavy atom. The first-order valence-electron chi connectivity index (χ1n) is 6.75. The molecular weight excluding hydrogens is 310 g/mol. The SMILES string of the molecule is CC(C)CCCNS(=O)(=O)c1ccc(C#CCO)cc1Cl. The fraction of sp³-hybridized carbons (Fsp3) is 0.467. The third-order valence-electron chi connectivity index (χ3n) is 2.78. The molecule has 0 unspecified atom stereocenters. The number of nitrogens with one attached hydrogen (secondary N) is 1. The van der Waals surface area contributed by atoms with E-state index in [0.717, 1.165) is 12.8 Å². The van der Waals surface area contributed by atoms with Gasteiger partial charge in [-0.25, -0.2) is 13.1 Å². The highest BCUT2D eigenvalue weighted by Gasteiger charge is 2.17. The van der Waals surface area contributed by atoms with E-state index in [1.165, 1.54) is 12.1 Å². The lowest BCUT2D eigenvalue weighted by Crippen LogP contribution is -2.25. The maximum atomic E-state index is 12.2. The Morgan fingerprint density at radius 1 is 1.38 bits per heavy atom. The second-order valence-corrected chi connectivity index (χ2v) is 7.18. The van der Waals surface area contributed by atoms with Crippen LogP contribution >= 0.6 is 11.6 Å². The number of hydrogen-bond acceptors (Lipinski definition) is 3. The fourth-order valence-corrected chi connectivity index (χ4v) is 3.35. The smallest absolute Gasteiger partial charge is 0.242 e. The molecule has 0 aliphatic heterocycles. The first-order chi connectivity index (χ1) is 9.86. The minimum atomic E-state index is -3.61. The summed E-state index contributed by atoms with van der Waals surface area (Å²) in [5, 5.41) is 8.75. The topological polar surface area (TPSA) is 66.4 Å². The van der Waals surface area contributed by atoms with Crippen LogP contribution in [0.5, 0.6) is 0 Å². The van der Waals surface area contributed by atoms with Crippen molar-refractivity contribution in [2.45, 2.75) is 31.6 Å². The van der Waals surface area contributed by atoms with E-state index in [2.05, 4.69) is 30.4 Å². The van der Waals surface area contributed by atoms with Crippen molar-refractivity contribution < 1.29 is 13.5 Å². The summed E-state index contributed by atoms with van der Waals surface area (Å²) >= 11 is 6.01. The van der Waals surface area contributed by atoms with E-state index in [4.69, 9.17) is 16.7 Å². The van der Waals surface area contributed by atoms with Crippen LogP contribution in [0.1, 0.15) is 32.3 Å². The Bertz CT molecular complexity index is 630. The molecule has 0 aromatic heterocycles. The predicted octanol–water partition coefficient (Wildman–Crippen LogP) is 2.40. The summed E-state index contributed by atoms with van der Waals surface area (Å²) in [6.45, 7) is 4.33. The highest BCUT2D eigenvalue weighted by atomic mass is 35.5. The lowest BCUT2D eigenvalue weighted by molar-refractivity contribution is 0.350. The third kappa shape index (κ3) is 6.06. The number of aliphatic hydroxyl groups excluding tert-OH is 1. The molecule has 0 radical (unpaired) electrons. The minimum Gasteiger partial charge on any atom is -0.384 e. The van der Waals surface area contributed by atoms with Gasteiger partial charge in [-0.05, 0) is 37.0 Å². The highest BCUT2D eigenvalue weighted by molar-refractivity contribution is 7.89. The summed E-state index contributed by atoms with van der Waals surface area (Å²) in [6.07, 6.45) is 1.75. The molecule has 0 aliphatic carbocycles. The first kappa shape index (κ1) is 18.0. The molecule has 116 valence electrons. The van der Waals surface area contributed by atoms with Crippen molar-refractivity contribution in [3.8, 4) is 11.8 Å². The molecule has 0 saturated heterocycles. The maximum absolute atomic E-state index is 12.2. The molecule has 1 aromatic carbocycles. The van der Waals surface area contributed by atoms with Gasteiger partial charge >= 0.3 is 0 Å². The number of halogens is 1. The molecule has 0 saturated carbocycles. The first-order valence-corrected chi connectivity index (χ1v) is 8.62. The van der Waals surface area contributed by atoms with Gasteiger partial charge in [0.15, 0.2) is 0 Å². The number of benzene rings is 1. The molecular formula is C15H20ClNO3S. The molecule has 0 bridgehead atoms. The molecule has 0 amide bonds. The monoisotopic (exact) mass is 329 g/mol. The Morgan fingerprint density at radius 3 is 2.67 bits per heavy atom. The zero-order chi connectivity index (χ0) is 15.9. The van der Waals surface area contributed by atoms with E-state index in [0.29, 0.717) is 18.0 Å². The molecule has 2 N–H and O–H groups in total. The normalized spacial score (nSPS) is 11.3. The lowest BCUT2D eigenvalue weighted by Gasteiger charge is -2.09. The van der Waals surface area contributed by atoms with Gasteiger partial charge in [0.1, 0.15) is 11.5 Å². The van der Waals surface area contributed by atoms with Crippen molar-refractivity contribution in [2.75, 3.05) is 13.2 Å². The van der Waals surface area contributed by atoms with Crippen LogP contribution in [0.3, 0.4) is 0 Å². The number of sulfonamides is 1. The summed E-state index contributed by atoms with van der Waals surface area (Å²) in [7, 11) is -3.61. The number of rotatable bonds is 6. The molecule has 6 heteroatoms. The van der Waals surface area contributed by atoms with Crippen LogP contribution in [0, 0.1) is 17.8 Å². The van der Waals surface area contributed by atoms with Crippen molar-refractivity contribution in [2.24, 2.45) is 5.92 Å². The lowest BCUT2D eigenvalue weighted by atomic mass is 10.1. The zero-order valence-corrected chi connectivity index (χ0v) is 13.8. The standard InChI is InChI=1S/C15H20ClNO3S/c1-12(2)5-3-9-17-21(19,20)15-8-7-13(6-4-10-18)11-14(15)16/h7-8,11-12,17-18H,3,5,9-10H2,1-2H3. The Balaban J connectivity index is 2.79. The summed E-state index contributed by atoms with van der Waals surface area (Å²) in [5.74, 6) is 5.71. The quantitative estimate of drug-likeness (QED) is 0.622. The van der Waals surface area contributed by atoms with Crippen LogP contribution in [0.25, 0.3) is 0 Å². The number of aliphatic hydroxyl groups is 1. The molecule has 21 heavy (non-hydrogen) atoms. The van der Waals surface area contributed by atoms with Crippen molar-refractivity contribution in [3.05, 3.63) is 28.8 Å².